The van der Waals surface area contributed by atoms with Crippen LogP contribution in [0.15, 0.2) is 192 Å². The van der Waals surface area contributed by atoms with Gasteiger partial charge in [-0.2, -0.15) is 0 Å². The molecule has 1 aromatic heterocycles. The molecule has 256 valence electrons. The van der Waals surface area contributed by atoms with Gasteiger partial charge in [0, 0.05) is 22.2 Å². The van der Waals surface area contributed by atoms with Crippen LogP contribution in [0, 0.1) is 0 Å². The fraction of sp³-hybridized carbons (Fsp3) is 0.0769. The van der Waals surface area contributed by atoms with Crippen molar-refractivity contribution in [2.45, 2.75) is 24.7 Å². The number of furan rings is 1. The van der Waals surface area contributed by atoms with Crippen LogP contribution in [0.3, 0.4) is 0 Å². The largest absolute Gasteiger partial charge is 0.456 e. The molecule has 11 rings (SSSR count). The molecule has 0 unspecified atom stereocenters. The maximum atomic E-state index is 6.49. The van der Waals surface area contributed by atoms with Gasteiger partial charge in [-0.05, 0) is 98.1 Å². The van der Waals surface area contributed by atoms with E-state index in [-0.39, 0.29) is 5.41 Å². The molecule has 0 aliphatic heterocycles. The van der Waals surface area contributed by atoms with Gasteiger partial charge in [0.2, 0.25) is 0 Å². The van der Waals surface area contributed by atoms with Crippen LogP contribution >= 0.6 is 0 Å². The Morgan fingerprint density at radius 1 is 0.407 bits per heavy atom. The predicted molar refractivity (Wildman–Crippen MR) is 223 cm³/mol. The van der Waals surface area contributed by atoms with Gasteiger partial charge in [0.05, 0.1) is 16.5 Å². The second-order valence-corrected chi connectivity index (χ2v) is 15.2. The zero-order valence-corrected chi connectivity index (χ0v) is 30.3. The minimum Gasteiger partial charge on any atom is -0.456 e. The molecular weight excluding hydrogens is 655 g/mol. The lowest BCUT2D eigenvalue weighted by molar-refractivity contribution is 0.660. The number of anilines is 3. The number of hydrogen-bond donors (Lipinski definition) is 0. The first kappa shape index (κ1) is 30.9. The summed E-state index contributed by atoms with van der Waals surface area (Å²) < 4.78 is 6.49. The third-order valence-electron chi connectivity index (χ3n) is 12.1. The molecule has 2 aliphatic carbocycles. The van der Waals surface area contributed by atoms with Crippen LogP contribution in [0.25, 0.3) is 44.2 Å². The molecular formula is C52H37NO. The minimum atomic E-state index is -0.508. The Morgan fingerprint density at radius 3 is 1.72 bits per heavy atom. The fourth-order valence-electron chi connectivity index (χ4n) is 9.79. The number of fused-ring (bicyclic) bond motifs is 9. The Morgan fingerprint density at radius 2 is 0.963 bits per heavy atom. The number of para-hydroxylation sites is 1. The number of benzene rings is 8. The van der Waals surface area contributed by atoms with Gasteiger partial charge in [-0.1, -0.05) is 159 Å². The van der Waals surface area contributed by atoms with Crippen molar-refractivity contribution in [3.63, 3.8) is 0 Å². The van der Waals surface area contributed by atoms with Crippen molar-refractivity contribution in [1.29, 1.82) is 0 Å². The molecule has 0 bridgehead atoms. The van der Waals surface area contributed by atoms with Gasteiger partial charge in [-0.25, -0.2) is 0 Å². The summed E-state index contributed by atoms with van der Waals surface area (Å²) >= 11 is 0. The van der Waals surface area contributed by atoms with Crippen molar-refractivity contribution in [3.05, 3.63) is 221 Å². The number of hydrogen-bond acceptors (Lipinski definition) is 2. The molecule has 0 saturated carbocycles. The quantitative estimate of drug-likeness (QED) is 0.179. The molecule has 0 atom stereocenters. The van der Waals surface area contributed by atoms with Gasteiger partial charge in [0.1, 0.15) is 11.2 Å². The monoisotopic (exact) mass is 691 g/mol. The molecule has 1 heterocycles. The molecule has 8 aromatic carbocycles. The first-order valence-electron chi connectivity index (χ1n) is 18.9. The lowest BCUT2D eigenvalue weighted by Gasteiger charge is -2.35. The van der Waals surface area contributed by atoms with Crippen LogP contribution in [-0.2, 0) is 10.8 Å². The van der Waals surface area contributed by atoms with E-state index in [1.807, 2.05) is 6.07 Å². The summed E-state index contributed by atoms with van der Waals surface area (Å²) in [5.74, 6) is 0. The van der Waals surface area contributed by atoms with Crippen molar-refractivity contribution >= 4 is 39.0 Å². The fourth-order valence-corrected chi connectivity index (χ4v) is 9.79. The molecule has 9 aromatic rings. The topological polar surface area (TPSA) is 16.4 Å². The van der Waals surface area contributed by atoms with Gasteiger partial charge in [0.15, 0.2) is 0 Å². The third kappa shape index (κ3) is 4.17. The van der Waals surface area contributed by atoms with Crippen molar-refractivity contribution in [2.24, 2.45) is 0 Å². The molecule has 0 amide bonds. The van der Waals surface area contributed by atoms with Crippen LogP contribution < -0.4 is 4.90 Å². The zero-order chi connectivity index (χ0) is 36.0. The average Bonchev–Trinajstić information content (AvgIpc) is 3.83. The maximum Gasteiger partial charge on any atom is 0.137 e. The lowest BCUT2D eigenvalue weighted by Crippen LogP contribution is -2.28. The van der Waals surface area contributed by atoms with Crippen LogP contribution in [0.1, 0.15) is 47.2 Å². The van der Waals surface area contributed by atoms with E-state index in [4.69, 9.17) is 4.42 Å². The Hall–Kier alpha value is -6.64. The smallest absolute Gasteiger partial charge is 0.137 e. The SMILES string of the molecule is CC1(C)c2ccccc2-c2ccc(N(c3cccc(C4(c5ccccc5)c5ccccc5-c5ccccc54)c3)c3cccc4oc5ccccc5c34)cc21. The lowest BCUT2D eigenvalue weighted by atomic mass is 9.67. The highest BCUT2D eigenvalue weighted by molar-refractivity contribution is 6.13. The summed E-state index contributed by atoms with van der Waals surface area (Å²) in [4.78, 5) is 2.46. The molecule has 0 radical (unpaired) electrons. The molecule has 0 fully saturated rings. The average molecular weight is 692 g/mol. The van der Waals surface area contributed by atoms with Crippen molar-refractivity contribution in [2.75, 3.05) is 4.90 Å². The second kappa shape index (κ2) is 11.4. The standard InChI is InChI=1S/C52H37NO/c1-51(2)43-24-10-6-20-38(43)41-31-30-37(33-46(41)51)53(47-27-15-29-49-50(47)42-23-9-13-28-48(42)54-49)36-19-14-18-35(32-36)52(34-16-4-3-5-17-34)44-25-11-7-21-39(44)40-22-8-12-26-45(40)52/h3-33H,1-2H3. The van der Waals surface area contributed by atoms with E-state index in [1.54, 1.807) is 0 Å². The Balaban J connectivity index is 1.20. The zero-order valence-electron chi connectivity index (χ0n) is 30.3. The highest BCUT2D eigenvalue weighted by Gasteiger charge is 2.46. The van der Waals surface area contributed by atoms with Gasteiger partial charge in [-0.15, -0.1) is 0 Å². The molecule has 2 aliphatic rings. The Bertz CT molecular complexity index is 2890. The first-order valence-corrected chi connectivity index (χ1v) is 18.9. The summed E-state index contributed by atoms with van der Waals surface area (Å²) in [6, 6.07) is 69.0. The maximum absolute atomic E-state index is 6.49. The van der Waals surface area contributed by atoms with Crippen molar-refractivity contribution in [3.8, 4) is 22.3 Å². The van der Waals surface area contributed by atoms with Crippen LogP contribution in [0.4, 0.5) is 17.1 Å². The van der Waals surface area contributed by atoms with E-state index >= 15 is 0 Å². The first-order chi connectivity index (χ1) is 26.5. The molecule has 0 N–H and O–H groups in total. The van der Waals surface area contributed by atoms with Gasteiger partial charge < -0.3 is 9.32 Å². The number of nitrogens with zero attached hydrogens (tertiary/aromatic N) is 1. The van der Waals surface area contributed by atoms with E-state index in [9.17, 15) is 0 Å². The molecule has 2 nitrogen and oxygen atoms in total. The molecule has 2 heteroatoms. The van der Waals surface area contributed by atoms with Gasteiger partial charge >= 0.3 is 0 Å². The van der Waals surface area contributed by atoms with Crippen molar-refractivity contribution in [1.82, 2.24) is 0 Å². The summed E-state index contributed by atoms with van der Waals surface area (Å²) in [6.45, 7) is 4.71. The van der Waals surface area contributed by atoms with E-state index in [0.717, 1.165) is 39.0 Å². The summed E-state index contributed by atoms with van der Waals surface area (Å²) in [5.41, 5.74) is 17.4. The van der Waals surface area contributed by atoms with Crippen LogP contribution in [-0.4, -0.2) is 0 Å². The Kier molecular flexibility index (Phi) is 6.55. The molecule has 0 saturated heterocycles. The van der Waals surface area contributed by atoms with Gasteiger partial charge in [-0.3, -0.25) is 0 Å². The second-order valence-electron chi connectivity index (χ2n) is 15.2. The van der Waals surface area contributed by atoms with Crippen LogP contribution in [0.5, 0.6) is 0 Å². The summed E-state index contributed by atoms with van der Waals surface area (Å²) in [6.07, 6.45) is 0. The highest BCUT2D eigenvalue weighted by Crippen LogP contribution is 2.57. The summed E-state index contributed by atoms with van der Waals surface area (Å²) in [7, 11) is 0. The van der Waals surface area contributed by atoms with E-state index in [1.165, 1.54) is 55.6 Å². The molecule has 54 heavy (non-hydrogen) atoms. The Labute approximate surface area is 315 Å². The highest BCUT2D eigenvalue weighted by atomic mass is 16.3. The van der Waals surface area contributed by atoms with E-state index < -0.39 is 5.41 Å². The van der Waals surface area contributed by atoms with E-state index in [2.05, 4.69) is 201 Å². The van der Waals surface area contributed by atoms with Gasteiger partial charge in [0.25, 0.3) is 0 Å². The normalized spacial score (nSPS) is 14.4. The molecule has 0 spiro atoms. The minimum absolute atomic E-state index is 0.140. The predicted octanol–water partition coefficient (Wildman–Crippen LogP) is 13.7. The number of rotatable bonds is 5. The van der Waals surface area contributed by atoms with Crippen LogP contribution in [0.2, 0.25) is 0 Å². The summed E-state index contributed by atoms with van der Waals surface area (Å²) in [5, 5.41) is 2.22. The van der Waals surface area contributed by atoms with Crippen molar-refractivity contribution < 1.29 is 4.42 Å². The van der Waals surface area contributed by atoms with E-state index in [0.29, 0.717) is 0 Å². The third-order valence-corrected chi connectivity index (χ3v) is 12.1.